The first-order valence-corrected chi connectivity index (χ1v) is 9.81. The number of anilines is 1. The van der Waals surface area contributed by atoms with Crippen molar-refractivity contribution in [1.82, 2.24) is 20.5 Å². The Morgan fingerprint density at radius 3 is 2.50 bits per heavy atom. The molecule has 7 nitrogen and oxygen atoms in total. The molecule has 1 saturated carbocycles. The minimum absolute atomic E-state index is 0. The number of halogens is 1. The molecule has 2 N–H and O–H groups in total. The van der Waals surface area contributed by atoms with E-state index in [-0.39, 0.29) is 36.4 Å². The fourth-order valence-corrected chi connectivity index (χ4v) is 3.09. The molecule has 0 radical (unpaired) electrons. The highest BCUT2D eigenvalue weighted by molar-refractivity contribution is 14.0. The molecule has 1 aromatic rings. The van der Waals surface area contributed by atoms with Gasteiger partial charge in [-0.1, -0.05) is 25.3 Å². The number of nitrogens with zero attached hydrogens (tertiary/aromatic N) is 4. The lowest BCUT2D eigenvalue weighted by atomic mass is 9.89. The Labute approximate surface area is 186 Å². The van der Waals surface area contributed by atoms with E-state index < -0.39 is 0 Å². The number of nitrogens with one attached hydrogen (secondary N) is 2. The Bertz CT molecular complexity index is 629. The van der Waals surface area contributed by atoms with Crippen molar-refractivity contribution in [2.45, 2.75) is 38.6 Å². The molecule has 1 heterocycles. The van der Waals surface area contributed by atoms with Gasteiger partial charge in [-0.2, -0.15) is 0 Å². The van der Waals surface area contributed by atoms with Crippen molar-refractivity contribution < 1.29 is 4.79 Å². The zero-order valence-electron chi connectivity index (χ0n) is 17.6. The Balaban J connectivity index is 0.00000392. The van der Waals surface area contributed by atoms with Crippen molar-refractivity contribution in [2.75, 3.05) is 46.2 Å². The highest BCUT2D eigenvalue weighted by Gasteiger charge is 2.14. The summed E-state index contributed by atoms with van der Waals surface area (Å²) in [7, 11) is 7.46. The van der Waals surface area contributed by atoms with Crippen LogP contribution in [0.25, 0.3) is 0 Å². The summed E-state index contributed by atoms with van der Waals surface area (Å²) in [6.07, 6.45) is 6.51. The highest BCUT2D eigenvalue weighted by atomic mass is 127. The zero-order chi connectivity index (χ0) is 19.6. The van der Waals surface area contributed by atoms with E-state index in [4.69, 9.17) is 0 Å². The van der Waals surface area contributed by atoms with E-state index in [1.54, 1.807) is 19.0 Å². The number of hydrogen-bond donors (Lipinski definition) is 2. The van der Waals surface area contributed by atoms with Gasteiger partial charge < -0.3 is 20.4 Å². The summed E-state index contributed by atoms with van der Waals surface area (Å²) < 4.78 is 0. The van der Waals surface area contributed by atoms with Crippen LogP contribution in [0.5, 0.6) is 0 Å². The zero-order valence-corrected chi connectivity index (χ0v) is 19.9. The highest BCUT2D eigenvalue weighted by Crippen LogP contribution is 2.22. The number of guanidine groups is 1. The van der Waals surface area contributed by atoms with Crippen LogP contribution >= 0.6 is 24.0 Å². The molecule has 1 aromatic heterocycles. The average Bonchev–Trinajstić information content (AvgIpc) is 2.68. The number of rotatable bonds is 7. The molecule has 0 spiro atoms. The minimum atomic E-state index is 0. The van der Waals surface area contributed by atoms with Crippen LogP contribution in [0.4, 0.5) is 5.82 Å². The first kappa shape index (κ1) is 24.5. The number of pyridine rings is 1. The van der Waals surface area contributed by atoms with Crippen LogP contribution in [-0.4, -0.2) is 63.0 Å². The van der Waals surface area contributed by atoms with E-state index >= 15 is 0 Å². The second-order valence-electron chi connectivity index (χ2n) is 7.57. The number of hydrogen-bond acceptors (Lipinski definition) is 4. The Morgan fingerprint density at radius 1 is 1.14 bits per heavy atom. The van der Waals surface area contributed by atoms with Gasteiger partial charge in [0.1, 0.15) is 5.82 Å². The first-order valence-electron chi connectivity index (χ1n) is 9.81. The lowest BCUT2D eigenvalue weighted by Crippen LogP contribution is -2.44. The maximum Gasteiger partial charge on any atom is 0.241 e. The monoisotopic (exact) mass is 502 g/mol. The Morgan fingerprint density at radius 2 is 1.86 bits per heavy atom. The summed E-state index contributed by atoms with van der Waals surface area (Å²) >= 11 is 0. The average molecular weight is 502 g/mol. The van der Waals surface area contributed by atoms with Crippen LogP contribution in [0.2, 0.25) is 0 Å². The summed E-state index contributed by atoms with van der Waals surface area (Å²) in [6, 6.07) is 5.94. The van der Waals surface area contributed by atoms with Gasteiger partial charge in [-0.05, 0) is 30.9 Å². The number of aromatic nitrogens is 1. The topological polar surface area (TPSA) is 72.9 Å². The molecule has 2 rings (SSSR count). The van der Waals surface area contributed by atoms with E-state index in [1.807, 2.05) is 37.2 Å². The van der Waals surface area contributed by atoms with Crippen molar-refractivity contribution in [3.05, 3.63) is 23.9 Å². The molecule has 1 amide bonds. The van der Waals surface area contributed by atoms with Crippen molar-refractivity contribution in [3.63, 3.8) is 0 Å². The smallest absolute Gasteiger partial charge is 0.241 e. The molecule has 28 heavy (non-hydrogen) atoms. The van der Waals surface area contributed by atoms with E-state index in [2.05, 4.69) is 20.6 Å². The standard InChI is InChI=1S/C20H34N6O.HI/c1-25(2)18-12-8-11-17(24-18)14-22-20(23-15-19(27)26(3)4)21-13-16-9-6-5-7-10-16;/h8,11-12,16H,5-7,9-10,13-15H2,1-4H3,(H2,21,22,23);1H. The molecule has 0 saturated heterocycles. The largest absolute Gasteiger partial charge is 0.363 e. The number of likely N-dealkylation sites (N-methyl/N-ethyl adjacent to an activating group) is 1. The fourth-order valence-electron chi connectivity index (χ4n) is 3.09. The Kier molecular flexibility index (Phi) is 11.2. The quantitative estimate of drug-likeness (QED) is 0.341. The summed E-state index contributed by atoms with van der Waals surface area (Å²) in [5.74, 6) is 2.29. The molecule has 1 aliphatic rings. The van der Waals surface area contributed by atoms with Gasteiger partial charge >= 0.3 is 0 Å². The van der Waals surface area contributed by atoms with E-state index in [0.717, 1.165) is 18.1 Å². The molecule has 0 bridgehead atoms. The van der Waals surface area contributed by atoms with Crippen LogP contribution < -0.4 is 15.5 Å². The lowest BCUT2D eigenvalue weighted by Gasteiger charge is -2.23. The SMILES string of the molecule is CN(C)C(=O)CNC(=NCc1cccc(N(C)C)n1)NCC1CCCCC1.I. The van der Waals surface area contributed by atoms with Crippen LogP contribution in [0.15, 0.2) is 23.2 Å². The summed E-state index contributed by atoms with van der Waals surface area (Å²) in [6.45, 7) is 1.60. The molecule has 1 aliphatic carbocycles. The first-order chi connectivity index (χ1) is 13.0. The van der Waals surface area contributed by atoms with Gasteiger partial charge in [-0.15, -0.1) is 24.0 Å². The second kappa shape index (κ2) is 12.8. The minimum Gasteiger partial charge on any atom is -0.363 e. The molecule has 1 fully saturated rings. The van der Waals surface area contributed by atoms with Crippen LogP contribution in [-0.2, 0) is 11.3 Å². The van der Waals surface area contributed by atoms with Crippen molar-refractivity contribution in [2.24, 2.45) is 10.9 Å². The van der Waals surface area contributed by atoms with Crippen molar-refractivity contribution in [1.29, 1.82) is 0 Å². The molecule has 0 atom stereocenters. The predicted octanol–water partition coefficient (Wildman–Crippen LogP) is 2.47. The maximum atomic E-state index is 11.9. The molecule has 0 unspecified atom stereocenters. The maximum absolute atomic E-state index is 11.9. The number of carbonyl (C=O) groups is 1. The van der Waals surface area contributed by atoms with E-state index in [1.165, 1.54) is 32.1 Å². The summed E-state index contributed by atoms with van der Waals surface area (Å²) in [4.78, 5) is 24.7. The van der Waals surface area contributed by atoms with Gasteiger partial charge in [0.25, 0.3) is 0 Å². The van der Waals surface area contributed by atoms with Gasteiger partial charge in [-0.3, -0.25) is 4.79 Å². The molecule has 0 aliphatic heterocycles. The third-order valence-electron chi connectivity index (χ3n) is 4.84. The van der Waals surface area contributed by atoms with Crippen molar-refractivity contribution in [3.8, 4) is 0 Å². The van der Waals surface area contributed by atoms with Crippen molar-refractivity contribution >= 4 is 41.7 Å². The summed E-state index contributed by atoms with van der Waals surface area (Å²) in [5, 5.41) is 6.58. The summed E-state index contributed by atoms with van der Waals surface area (Å²) in [5.41, 5.74) is 0.902. The van der Waals surface area contributed by atoms with Gasteiger partial charge in [0.15, 0.2) is 5.96 Å². The van der Waals surface area contributed by atoms with Gasteiger partial charge in [0.2, 0.25) is 5.91 Å². The number of amides is 1. The molecular weight excluding hydrogens is 467 g/mol. The third kappa shape index (κ3) is 8.62. The normalized spacial score (nSPS) is 14.8. The van der Waals surface area contributed by atoms with Gasteiger partial charge in [-0.25, -0.2) is 9.98 Å². The van der Waals surface area contributed by atoms with Gasteiger partial charge in [0, 0.05) is 34.7 Å². The van der Waals surface area contributed by atoms with Crippen LogP contribution in [0.3, 0.4) is 0 Å². The number of carbonyl (C=O) groups excluding carboxylic acids is 1. The Hall–Kier alpha value is -1.58. The van der Waals surface area contributed by atoms with Crippen LogP contribution in [0.1, 0.15) is 37.8 Å². The van der Waals surface area contributed by atoms with E-state index in [9.17, 15) is 4.79 Å². The second-order valence-corrected chi connectivity index (χ2v) is 7.57. The predicted molar refractivity (Wildman–Crippen MR) is 126 cm³/mol. The number of aliphatic imine (C=N–C) groups is 1. The molecular formula is C20H35IN6O. The fraction of sp³-hybridized carbons (Fsp3) is 0.650. The van der Waals surface area contributed by atoms with E-state index in [0.29, 0.717) is 18.4 Å². The molecule has 0 aromatic carbocycles. The third-order valence-corrected chi connectivity index (χ3v) is 4.84. The van der Waals surface area contributed by atoms with Gasteiger partial charge in [0.05, 0.1) is 18.8 Å². The van der Waals surface area contributed by atoms with Crippen LogP contribution in [0, 0.1) is 5.92 Å². The molecule has 8 heteroatoms. The molecule has 158 valence electrons. The lowest BCUT2D eigenvalue weighted by molar-refractivity contribution is -0.127.